The van der Waals surface area contributed by atoms with Crippen LogP contribution in [0, 0.1) is 0 Å². The van der Waals surface area contributed by atoms with Gasteiger partial charge in [0, 0.05) is 0 Å². The quantitative estimate of drug-likeness (QED) is 0.467. The van der Waals surface area contributed by atoms with E-state index in [1.54, 1.807) is 24.3 Å². The topological polar surface area (TPSA) is 92.8 Å². The van der Waals surface area contributed by atoms with Crippen molar-refractivity contribution in [3.05, 3.63) is 101 Å². The van der Waals surface area contributed by atoms with Gasteiger partial charge >= 0.3 is 5.97 Å². The van der Waals surface area contributed by atoms with Gasteiger partial charge in [-0.1, -0.05) is 36.4 Å². The van der Waals surface area contributed by atoms with Crippen LogP contribution in [0.2, 0.25) is 0 Å². The molecule has 7 nitrogen and oxygen atoms in total. The third-order valence-electron chi connectivity index (χ3n) is 6.19. The summed E-state index contributed by atoms with van der Waals surface area (Å²) in [6.45, 7) is -0.391. The van der Waals surface area contributed by atoms with Crippen LogP contribution in [0.5, 0.6) is 0 Å². The first-order chi connectivity index (χ1) is 16.5. The molecule has 3 amide bonds. The van der Waals surface area contributed by atoms with Gasteiger partial charge in [-0.05, 0) is 66.8 Å². The zero-order valence-electron chi connectivity index (χ0n) is 18.3. The Morgan fingerprint density at radius 1 is 0.882 bits per heavy atom. The Morgan fingerprint density at radius 2 is 1.53 bits per heavy atom. The van der Waals surface area contributed by atoms with Crippen molar-refractivity contribution in [2.75, 3.05) is 11.5 Å². The minimum atomic E-state index is -0.659. The minimum Gasteiger partial charge on any atom is -0.452 e. The maximum absolute atomic E-state index is 12.6. The van der Waals surface area contributed by atoms with Crippen molar-refractivity contribution in [2.45, 2.75) is 25.3 Å². The standard InChI is InChI=1S/C27H22N2O5/c30-24(28-23-11-5-7-17-6-1-2-8-20(17)23)16-34-27(33)18-12-14-19(15-13-18)29-25(31)21-9-3-4-10-22(21)26(29)32/h1-4,6,8-10,12-15,23H,5,7,11,16H2,(H,28,30). The summed E-state index contributed by atoms with van der Waals surface area (Å²) in [4.78, 5) is 51.1. The predicted octanol–water partition coefficient (Wildman–Crippen LogP) is 3.84. The van der Waals surface area contributed by atoms with Gasteiger partial charge in [-0.2, -0.15) is 0 Å². The van der Waals surface area contributed by atoms with Gasteiger partial charge in [0.2, 0.25) is 0 Å². The molecule has 0 fully saturated rings. The molecule has 3 aromatic rings. The number of nitrogens with one attached hydrogen (secondary N) is 1. The number of hydrogen-bond acceptors (Lipinski definition) is 5. The van der Waals surface area contributed by atoms with Crippen LogP contribution in [-0.4, -0.2) is 30.3 Å². The fraction of sp³-hybridized carbons (Fsp3) is 0.185. The van der Waals surface area contributed by atoms with Gasteiger partial charge in [0.25, 0.3) is 17.7 Å². The Morgan fingerprint density at radius 3 is 2.24 bits per heavy atom. The number of benzene rings is 3. The van der Waals surface area contributed by atoms with E-state index in [4.69, 9.17) is 4.74 Å². The highest BCUT2D eigenvalue weighted by atomic mass is 16.5. The van der Waals surface area contributed by atoms with Crippen molar-refractivity contribution < 1.29 is 23.9 Å². The lowest BCUT2D eigenvalue weighted by atomic mass is 9.88. The summed E-state index contributed by atoms with van der Waals surface area (Å²) in [6.07, 6.45) is 2.82. The monoisotopic (exact) mass is 454 g/mol. The summed E-state index contributed by atoms with van der Waals surface area (Å²) in [5.74, 6) is -1.83. The second kappa shape index (κ2) is 8.94. The molecule has 0 bridgehead atoms. The maximum Gasteiger partial charge on any atom is 0.338 e. The van der Waals surface area contributed by atoms with E-state index in [0.717, 1.165) is 29.7 Å². The van der Waals surface area contributed by atoms with Crippen molar-refractivity contribution in [3.63, 3.8) is 0 Å². The normalized spacial score (nSPS) is 16.6. The molecule has 7 heteroatoms. The number of aryl methyl sites for hydroxylation is 1. The van der Waals surface area contributed by atoms with Crippen molar-refractivity contribution in [3.8, 4) is 0 Å². The Bertz CT molecular complexity index is 1260. The van der Waals surface area contributed by atoms with Gasteiger partial charge in [-0.3, -0.25) is 14.4 Å². The number of ether oxygens (including phenoxy) is 1. The first-order valence-electron chi connectivity index (χ1n) is 11.1. The number of amides is 3. The van der Waals surface area contributed by atoms with Gasteiger partial charge < -0.3 is 10.1 Å². The van der Waals surface area contributed by atoms with E-state index in [1.165, 1.54) is 29.8 Å². The first-order valence-corrected chi connectivity index (χ1v) is 11.1. The number of anilines is 1. The molecule has 2 aliphatic rings. The summed E-state index contributed by atoms with van der Waals surface area (Å²) in [5, 5.41) is 2.95. The minimum absolute atomic E-state index is 0.0879. The smallest absolute Gasteiger partial charge is 0.338 e. The summed E-state index contributed by atoms with van der Waals surface area (Å²) in [6, 6.07) is 20.5. The Balaban J connectivity index is 1.19. The van der Waals surface area contributed by atoms with Crippen LogP contribution < -0.4 is 10.2 Å². The lowest BCUT2D eigenvalue weighted by molar-refractivity contribution is -0.125. The number of rotatable bonds is 5. The van der Waals surface area contributed by atoms with E-state index in [0.29, 0.717) is 16.8 Å². The van der Waals surface area contributed by atoms with Crippen LogP contribution in [-0.2, 0) is 16.0 Å². The molecule has 170 valence electrons. The molecular formula is C27H22N2O5. The third kappa shape index (κ3) is 3.96. The lowest BCUT2D eigenvalue weighted by Gasteiger charge is -2.26. The molecule has 0 saturated heterocycles. The second-order valence-electron chi connectivity index (χ2n) is 8.33. The van der Waals surface area contributed by atoms with Crippen LogP contribution >= 0.6 is 0 Å². The van der Waals surface area contributed by atoms with Gasteiger partial charge in [-0.15, -0.1) is 0 Å². The van der Waals surface area contributed by atoms with E-state index >= 15 is 0 Å². The highest BCUT2D eigenvalue weighted by Crippen LogP contribution is 2.30. The third-order valence-corrected chi connectivity index (χ3v) is 6.19. The van der Waals surface area contributed by atoms with E-state index in [-0.39, 0.29) is 17.5 Å². The van der Waals surface area contributed by atoms with Crippen molar-refractivity contribution in [1.29, 1.82) is 0 Å². The molecule has 1 aliphatic heterocycles. The molecule has 0 saturated carbocycles. The Labute approximate surface area is 196 Å². The van der Waals surface area contributed by atoms with Crippen LogP contribution in [0.25, 0.3) is 0 Å². The predicted molar refractivity (Wildman–Crippen MR) is 125 cm³/mol. The fourth-order valence-corrected chi connectivity index (χ4v) is 4.52. The number of hydrogen-bond donors (Lipinski definition) is 1. The summed E-state index contributed by atoms with van der Waals surface area (Å²) in [7, 11) is 0. The Kier molecular flexibility index (Phi) is 5.67. The second-order valence-corrected chi connectivity index (χ2v) is 8.33. The molecule has 1 N–H and O–H groups in total. The molecule has 0 spiro atoms. The van der Waals surface area contributed by atoms with Gasteiger partial charge in [0.05, 0.1) is 28.4 Å². The van der Waals surface area contributed by atoms with Gasteiger partial charge in [0.1, 0.15) is 0 Å². The molecule has 1 heterocycles. The van der Waals surface area contributed by atoms with Gasteiger partial charge in [0.15, 0.2) is 6.61 Å². The number of imide groups is 1. The fourth-order valence-electron chi connectivity index (χ4n) is 4.52. The first kappa shape index (κ1) is 21.6. The zero-order chi connectivity index (χ0) is 23.7. The number of nitrogens with zero attached hydrogens (tertiary/aromatic N) is 1. The zero-order valence-corrected chi connectivity index (χ0v) is 18.3. The molecule has 0 aromatic heterocycles. The molecule has 5 rings (SSSR count). The average Bonchev–Trinajstić information content (AvgIpc) is 3.13. The van der Waals surface area contributed by atoms with Crippen LogP contribution in [0.15, 0.2) is 72.8 Å². The number of carbonyl (C=O) groups excluding carboxylic acids is 4. The lowest BCUT2D eigenvalue weighted by Crippen LogP contribution is -2.34. The number of fused-ring (bicyclic) bond motifs is 2. The SMILES string of the molecule is O=C(COC(=O)c1ccc(N2C(=O)c3ccccc3C2=O)cc1)NC1CCCc2ccccc21. The van der Waals surface area contributed by atoms with Gasteiger partial charge in [-0.25, -0.2) is 9.69 Å². The summed E-state index contributed by atoms with van der Waals surface area (Å²) in [5.41, 5.74) is 3.61. The summed E-state index contributed by atoms with van der Waals surface area (Å²) >= 11 is 0. The van der Waals surface area contributed by atoms with Crippen LogP contribution in [0.1, 0.15) is 61.1 Å². The van der Waals surface area contributed by atoms with E-state index in [1.807, 2.05) is 18.2 Å². The highest BCUT2D eigenvalue weighted by molar-refractivity contribution is 6.34. The highest BCUT2D eigenvalue weighted by Gasteiger charge is 2.36. The molecule has 1 unspecified atom stereocenters. The molecule has 0 radical (unpaired) electrons. The Hall–Kier alpha value is -4.26. The molecular weight excluding hydrogens is 432 g/mol. The molecule has 1 atom stereocenters. The van der Waals surface area contributed by atoms with Crippen LogP contribution in [0.4, 0.5) is 5.69 Å². The molecule has 1 aliphatic carbocycles. The van der Waals surface area contributed by atoms with Crippen molar-refractivity contribution in [1.82, 2.24) is 5.32 Å². The molecule has 34 heavy (non-hydrogen) atoms. The largest absolute Gasteiger partial charge is 0.452 e. The maximum atomic E-state index is 12.6. The number of carbonyl (C=O) groups is 4. The van der Waals surface area contributed by atoms with Crippen LogP contribution in [0.3, 0.4) is 0 Å². The number of esters is 1. The molecule has 3 aromatic carbocycles. The average molecular weight is 454 g/mol. The van der Waals surface area contributed by atoms with E-state index in [9.17, 15) is 19.2 Å². The summed E-state index contributed by atoms with van der Waals surface area (Å²) < 4.78 is 5.18. The van der Waals surface area contributed by atoms with E-state index < -0.39 is 24.4 Å². The van der Waals surface area contributed by atoms with Crippen molar-refractivity contribution in [2.24, 2.45) is 0 Å². The van der Waals surface area contributed by atoms with E-state index in [2.05, 4.69) is 11.4 Å². The van der Waals surface area contributed by atoms with Crippen molar-refractivity contribution >= 4 is 29.4 Å².